The van der Waals surface area contributed by atoms with E-state index in [1.807, 2.05) is 48.5 Å². The summed E-state index contributed by atoms with van der Waals surface area (Å²) in [6.07, 6.45) is 0. The summed E-state index contributed by atoms with van der Waals surface area (Å²) in [6.45, 7) is 2.02. The average molecular weight is 348 g/mol. The van der Waals surface area contributed by atoms with E-state index in [0.29, 0.717) is 26.4 Å². The van der Waals surface area contributed by atoms with E-state index in [2.05, 4.69) is 0 Å². The molecule has 136 valence electrons. The monoisotopic (exact) mass is 348 g/mol. The molecule has 0 aliphatic rings. The zero-order valence-electron chi connectivity index (χ0n) is 14.6. The Morgan fingerprint density at radius 2 is 0.880 bits per heavy atom. The summed E-state index contributed by atoms with van der Waals surface area (Å²) in [4.78, 5) is 0. The molecule has 0 atom stereocenters. The number of rotatable bonds is 12. The summed E-state index contributed by atoms with van der Waals surface area (Å²) in [5, 5.41) is 0. The standard InChI is InChI=1S/C19H24O6/c1-20-16-3-7-18(8-4-16)24-13-11-22-15-23-12-14-25-19-9-5-17(21-2)6-10-19/h3-10H,11-15H2,1-2H3. The fraction of sp³-hybridized carbons (Fsp3) is 0.368. The highest BCUT2D eigenvalue weighted by atomic mass is 16.7. The van der Waals surface area contributed by atoms with Crippen molar-refractivity contribution in [2.24, 2.45) is 0 Å². The van der Waals surface area contributed by atoms with Gasteiger partial charge >= 0.3 is 0 Å². The van der Waals surface area contributed by atoms with Crippen molar-refractivity contribution >= 4 is 0 Å². The van der Waals surface area contributed by atoms with Gasteiger partial charge in [-0.05, 0) is 48.5 Å². The summed E-state index contributed by atoms with van der Waals surface area (Å²) in [5.41, 5.74) is 0. The Hall–Kier alpha value is -2.44. The maximum Gasteiger partial charge on any atom is 0.147 e. The Morgan fingerprint density at radius 1 is 0.520 bits per heavy atom. The van der Waals surface area contributed by atoms with Crippen molar-refractivity contribution in [2.45, 2.75) is 0 Å². The van der Waals surface area contributed by atoms with Crippen molar-refractivity contribution in [2.75, 3.05) is 47.4 Å². The Bertz CT molecular complexity index is 528. The fourth-order valence-electron chi connectivity index (χ4n) is 1.96. The van der Waals surface area contributed by atoms with Crippen LogP contribution in [0.25, 0.3) is 0 Å². The first kappa shape index (κ1) is 18.9. The minimum atomic E-state index is 0.206. The maximum absolute atomic E-state index is 5.54. The fourth-order valence-corrected chi connectivity index (χ4v) is 1.96. The third-order valence-electron chi connectivity index (χ3n) is 3.28. The van der Waals surface area contributed by atoms with E-state index >= 15 is 0 Å². The van der Waals surface area contributed by atoms with Gasteiger partial charge in [0.25, 0.3) is 0 Å². The van der Waals surface area contributed by atoms with Gasteiger partial charge in [-0.2, -0.15) is 0 Å². The lowest BCUT2D eigenvalue weighted by Crippen LogP contribution is -2.12. The van der Waals surface area contributed by atoms with E-state index in [9.17, 15) is 0 Å². The molecule has 6 heteroatoms. The lowest BCUT2D eigenvalue weighted by atomic mass is 10.3. The highest BCUT2D eigenvalue weighted by Gasteiger charge is 1.97. The molecule has 0 aromatic heterocycles. The van der Waals surface area contributed by atoms with Crippen LogP contribution in [0.5, 0.6) is 23.0 Å². The Balaban J connectivity index is 1.45. The zero-order valence-corrected chi connectivity index (χ0v) is 14.6. The van der Waals surface area contributed by atoms with Gasteiger partial charge in [0.2, 0.25) is 0 Å². The quantitative estimate of drug-likeness (QED) is 0.434. The molecule has 0 spiro atoms. The second-order valence-electron chi connectivity index (χ2n) is 4.98. The molecule has 0 amide bonds. The van der Waals surface area contributed by atoms with Crippen LogP contribution < -0.4 is 18.9 Å². The molecule has 2 aromatic rings. The first-order valence-electron chi connectivity index (χ1n) is 8.01. The molecule has 0 aliphatic carbocycles. The lowest BCUT2D eigenvalue weighted by molar-refractivity contribution is -0.0662. The van der Waals surface area contributed by atoms with Crippen molar-refractivity contribution in [3.63, 3.8) is 0 Å². The van der Waals surface area contributed by atoms with E-state index < -0.39 is 0 Å². The van der Waals surface area contributed by atoms with Crippen LogP contribution in [0.4, 0.5) is 0 Å². The van der Waals surface area contributed by atoms with Crippen LogP contribution >= 0.6 is 0 Å². The van der Waals surface area contributed by atoms with Gasteiger partial charge in [0.15, 0.2) is 0 Å². The smallest absolute Gasteiger partial charge is 0.147 e. The Kier molecular flexibility index (Phi) is 8.44. The van der Waals surface area contributed by atoms with E-state index in [1.54, 1.807) is 14.2 Å². The van der Waals surface area contributed by atoms with Crippen molar-refractivity contribution < 1.29 is 28.4 Å². The number of methoxy groups -OCH3 is 2. The molecule has 6 nitrogen and oxygen atoms in total. The normalized spacial score (nSPS) is 10.3. The van der Waals surface area contributed by atoms with Crippen molar-refractivity contribution in [1.29, 1.82) is 0 Å². The second-order valence-corrected chi connectivity index (χ2v) is 4.98. The topological polar surface area (TPSA) is 55.4 Å². The minimum absolute atomic E-state index is 0.206. The number of hydrogen-bond donors (Lipinski definition) is 0. The van der Waals surface area contributed by atoms with Gasteiger partial charge in [0.1, 0.15) is 43.0 Å². The first-order valence-corrected chi connectivity index (χ1v) is 8.01. The van der Waals surface area contributed by atoms with Gasteiger partial charge < -0.3 is 28.4 Å². The van der Waals surface area contributed by atoms with Crippen molar-refractivity contribution in [3.05, 3.63) is 48.5 Å². The molecular formula is C19H24O6. The second kappa shape index (κ2) is 11.2. The van der Waals surface area contributed by atoms with Crippen LogP contribution in [0.2, 0.25) is 0 Å². The van der Waals surface area contributed by atoms with Crippen LogP contribution in [-0.4, -0.2) is 47.4 Å². The molecule has 0 radical (unpaired) electrons. The molecule has 0 saturated heterocycles. The molecule has 0 aliphatic heterocycles. The third-order valence-corrected chi connectivity index (χ3v) is 3.28. The maximum atomic E-state index is 5.54. The predicted octanol–water partition coefficient (Wildman–Crippen LogP) is 3.15. The number of ether oxygens (including phenoxy) is 6. The summed E-state index contributed by atoms with van der Waals surface area (Å²) in [7, 11) is 3.26. The number of hydrogen-bond acceptors (Lipinski definition) is 6. The van der Waals surface area contributed by atoms with Crippen LogP contribution in [0, 0.1) is 0 Å². The molecule has 2 aromatic carbocycles. The van der Waals surface area contributed by atoms with Crippen LogP contribution in [0.15, 0.2) is 48.5 Å². The zero-order chi connectivity index (χ0) is 17.7. The molecule has 0 bridgehead atoms. The molecule has 0 heterocycles. The number of benzene rings is 2. The van der Waals surface area contributed by atoms with Crippen LogP contribution in [0.3, 0.4) is 0 Å². The van der Waals surface area contributed by atoms with E-state index in [0.717, 1.165) is 23.0 Å². The molecular weight excluding hydrogens is 324 g/mol. The predicted molar refractivity (Wildman–Crippen MR) is 93.7 cm³/mol. The van der Waals surface area contributed by atoms with Crippen molar-refractivity contribution in [3.8, 4) is 23.0 Å². The molecule has 25 heavy (non-hydrogen) atoms. The largest absolute Gasteiger partial charge is 0.497 e. The average Bonchev–Trinajstić information content (AvgIpc) is 2.67. The van der Waals surface area contributed by atoms with Gasteiger partial charge in [0.05, 0.1) is 27.4 Å². The Labute approximate surface area is 148 Å². The minimum Gasteiger partial charge on any atom is -0.497 e. The van der Waals surface area contributed by atoms with Crippen LogP contribution in [0.1, 0.15) is 0 Å². The molecule has 2 rings (SSSR count). The van der Waals surface area contributed by atoms with Gasteiger partial charge in [-0.15, -0.1) is 0 Å². The third kappa shape index (κ3) is 7.32. The highest BCUT2D eigenvalue weighted by molar-refractivity contribution is 5.31. The molecule has 0 saturated carbocycles. The van der Waals surface area contributed by atoms with E-state index in [4.69, 9.17) is 28.4 Å². The van der Waals surface area contributed by atoms with Gasteiger partial charge in [-0.3, -0.25) is 0 Å². The summed E-state index contributed by atoms with van der Waals surface area (Å²) < 4.78 is 31.9. The van der Waals surface area contributed by atoms with E-state index in [1.165, 1.54) is 0 Å². The van der Waals surface area contributed by atoms with Crippen LogP contribution in [-0.2, 0) is 9.47 Å². The lowest BCUT2D eigenvalue weighted by Gasteiger charge is -2.09. The highest BCUT2D eigenvalue weighted by Crippen LogP contribution is 2.17. The molecule has 0 unspecified atom stereocenters. The summed E-state index contributed by atoms with van der Waals surface area (Å²) in [5.74, 6) is 3.15. The van der Waals surface area contributed by atoms with Gasteiger partial charge in [0, 0.05) is 0 Å². The Morgan fingerprint density at radius 3 is 1.24 bits per heavy atom. The van der Waals surface area contributed by atoms with E-state index in [-0.39, 0.29) is 6.79 Å². The first-order chi connectivity index (χ1) is 12.3. The summed E-state index contributed by atoms with van der Waals surface area (Å²) in [6, 6.07) is 14.8. The molecule has 0 fully saturated rings. The SMILES string of the molecule is COc1ccc(OCCOCOCCOc2ccc(OC)cc2)cc1. The molecule has 0 N–H and O–H groups in total. The van der Waals surface area contributed by atoms with Gasteiger partial charge in [-0.25, -0.2) is 0 Å². The van der Waals surface area contributed by atoms with Crippen molar-refractivity contribution in [1.82, 2.24) is 0 Å². The summed E-state index contributed by atoms with van der Waals surface area (Å²) >= 11 is 0. The van der Waals surface area contributed by atoms with Gasteiger partial charge in [-0.1, -0.05) is 0 Å².